The summed E-state index contributed by atoms with van der Waals surface area (Å²) in [6.45, 7) is 0.601. The molecule has 0 aliphatic heterocycles. The summed E-state index contributed by atoms with van der Waals surface area (Å²) in [5.41, 5.74) is 2.41. The van der Waals surface area contributed by atoms with Gasteiger partial charge in [-0.25, -0.2) is 4.39 Å². The lowest BCUT2D eigenvalue weighted by atomic mass is 10.1. The molecule has 0 aromatic heterocycles. The van der Waals surface area contributed by atoms with Crippen LogP contribution in [0.25, 0.3) is 6.08 Å². The maximum Gasteiger partial charge on any atom is 0.262 e. The van der Waals surface area contributed by atoms with Crippen molar-refractivity contribution in [2.24, 2.45) is 0 Å². The van der Waals surface area contributed by atoms with Crippen LogP contribution < -0.4 is 10.1 Å². The molecule has 0 bridgehead atoms. The van der Waals surface area contributed by atoms with Gasteiger partial charge in [0, 0.05) is 6.54 Å². The predicted octanol–water partition coefficient (Wildman–Crippen LogP) is 4.63. The van der Waals surface area contributed by atoms with Crippen LogP contribution in [-0.2, 0) is 17.9 Å². The minimum atomic E-state index is -0.428. The van der Waals surface area contributed by atoms with Gasteiger partial charge in [-0.3, -0.25) is 4.79 Å². The Kier molecular flexibility index (Phi) is 6.75. The Balaban J connectivity index is 1.59. The van der Waals surface area contributed by atoms with Crippen LogP contribution in [-0.4, -0.2) is 5.91 Å². The molecule has 0 aliphatic carbocycles. The zero-order chi connectivity index (χ0) is 20.5. The topological polar surface area (TPSA) is 62.1 Å². The van der Waals surface area contributed by atoms with Crippen molar-refractivity contribution in [1.29, 1.82) is 5.26 Å². The Bertz CT molecular complexity index is 1040. The number of rotatable bonds is 7. The average Bonchev–Trinajstić information content (AvgIpc) is 2.76. The van der Waals surface area contributed by atoms with Crippen molar-refractivity contribution in [2.75, 3.05) is 0 Å². The molecule has 144 valence electrons. The number of ether oxygens (including phenoxy) is 1. The molecule has 4 nitrogen and oxygen atoms in total. The molecular weight excluding hydrogens is 367 g/mol. The first kappa shape index (κ1) is 19.8. The molecule has 0 aliphatic rings. The SMILES string of the molecule is N#C/C(=C/c1ccc(OCc2cccc(F)c2)cc1)C(=O)NCc1ccccc1. The van der Waals surface area contributed by atoms with Gasteiger partial charge in [-0.05, 0) is 47.0 Å². The molecule has 0 unspecified atom stereocenters. The van der Waals surface area contributed by atoms with E-state index in [1.807, 2.05) is 36.4 Å². The average molecular weight is 386 g/mol. The van der Waals surface area contributed by atoms with E-state index >= 15 is 0 Å². The molecule has 3 aromatic rings. The Hall–Kier alpha value is -3.91. The van der Waals surface area contributed by atoms with Crippen molar-refractivity contribution in [3.63, 3.8) is 0 Å². The summed E-state index contributed by atoms with van der Waals surface area (Å²) in [4.78, 5) is 12.2. The van der Waals surface area contributed by atoms with Gasteiger partial charge in [-0.2, -0.15) is 5.26 Å². The number of carbonyl (C=O) groups is 1. The highest BCUT2D eigenvalue weighted by atomic mass is 19.1. The second-order valence-corrected chi connectivity index (χ2v) is 6.33. The van der Waals surface area contributed by atoms with Gasteiger partial charge in [-0.15, -0.1) is 0 Å². The predicted molar refractivity (Wildman–Crippen MR) is 109 cm³/mol. The van der Waals surface area contributed by atoms with Crippen LogP contribution in [0.4, 0.5) is 4.39 Å². The molecule has 0 fully saturated rings. The highest BCUT2D eigenvalue weighted by molar-refractivity contribution is 6.01. The summed E-state index contributed by atoms with van der Waals surface area (Å²) < 4.78 is 18.8. The highest BCUT2D eigenvalue weighted by Crippen LogP contribution is 2.16. The lowest BCUT2D eigenvalue weighted by Crippen LogP contribution is -2.23. The first-order valence-corrected chi connectivity index (χ1v) is 9.05. The van der Waals surface area contributed by atoms with E-state index in [4.69, 9.17) is 4.74 Å². The van der Waals surface area contributed by atoms with E-state index in [2.05, 4.69) is 5.32 Å². The van der Waals surface area contributed by atoms with Crippen LogP contribution in [0, 0.1) is 17.1 Å². The molecule has 0 heterocycles. The molecule has 0 radical (unpaired) electrons. The van der Waals surface area contributed by atoms with Gasteiger partial charge in [0.2, 0.25) is 0 Å². The maximum atomic E-state index is 13.2. The molecule has 0 saturated carbocycles. The first-order valence-electron chi connectivity index (χ1n) is 9.05. The standard InChI is InChI=1S/C24H19FN2O2/c25-22-8-4-7-20(14-22)17-29-23-11-9-18(10-12-23)13-21(15-26)24(28)27-16-19-5-2-1-3-6-19/h1-14H,16-17H2,(H,27,28)/b21-13-. The van der Waals surface area contributed by atoms with E-state index in [9.17, 15) is 14.4 Å². The van der Waals surface area contributed by atoms with Crippen LogP contribution in [0.5, 0.6) is 5.75 Å². The fraction of sp³-hybridized carbons (Fsp3) is 0.0833. The summed E-state index contributed by atoms with van der Waals surface area (Å²) >= 11 is 0. The van der Waals surface area contributed by atoms with Gasteiger partial charge in [0.25, 0.3) is 5.91 Å². The van der Waals surface area contributed by atoms with E-state index in [0.717, 1.165) is 11.1 Å². The van der Waals surface area contributed by atoms with Crippen molar-refractivity contribution >= 4 is 12.0 Å². The Morgan fingerprint density at radius 2 is 1.72 bits per heavy atom. The molecule has 0 atom stereocenters. The fourth-order valence-electron chi connectivity index (χ4n) is 2.64. The minimum absolute atomic E-state index is 0.0226. The van der Waals surface area contributed by atoms with E-state index in [1.54, 1.807) is 36.4 Å². The van der Waals surface area contributed by atoms with Crippen LogP contribution >= 0.6 is 0 Å². The molecule has 29 heavy (non-hydrogen) atoms. The molecule has 1 N–H and O–H groups in total. The van der Waals surface area contributed by atoms with Gasteiger partial charge < -0.3 is 10.1 Å². The molecule has 1 amide bonds. The molecular formula is C24H19FN2O2. The third-order valence-electron chi connectivity index (χ3n) is 4.15. The number of benzene rings is 3. The smallest absolute Gasteiger partial charge is 0.262 e. The number of carbonyl (C=O) groups excluding carboxylic acids is 1. The molecule has 3 aromatic carbocycles. The summed E-state index contributed by atoms with van der Waals surface area (Å²) in [6, 6.07) is 24.6. The molecule has 5 heteroatoms. The normalized spacial score (nSPS) is 10.8. The number of hydrogen-bond donors (Lipinski definition) is 1. The van der Waals surface area contributed by atoms with Crippen molar-refractivity contribution in [3.05, 3.63) is 107 Å². The second kappa shape index (κ2) is 9.86. The minimum Gasteiger partial charge on any atom is -0.489 e. The number of amides is 1. The zero-order valence-corrected chi connectivity index (χ0v) is 15.6. The van der Waals surface area contributed by atoms with Gasteiger partial charge >= 0.3 is 0 Å². The van der Waals surface area contributed by atoms with Crippen molar-refractivity contribution < 1.29 is 13.9 Å². The van der Waals surface area contributed by atoms with Gasteiger partial charge in [0.05, 0.1) is 0 Å². The number of halogens is 1. The highest BCUT2D eigenvalue weighted by Gasteiger charge is 2.08. The summed E-state index contributed by atoms with van der Waals surface area (Å²) in [7, 11) is 0. The Morgan fingerprint density at radius 1 is 1.00 bits per heavy atom. The molecule has 3 rings (SSSR count). The molecule has 0 spiro atoms. The third-order valence-corrected chi connectivity index (χ3v) is 4.15. The van der Waals surface area contributed by atoms with Crippen molar-refractivity contribution in [2.45, 2.75) is 13.2 Å². The lowest BCUT2D eigenvalue weighted by Gasteiger charge is -2.07. The number of hydrogen-bond acceptors (Lipinski definition) is 3. The van der Waals surface area contributed by atoms with Crippen molar-refractivity contribution in [1.82, 2.24) is 5.32 Å². The van der Waals surface area contributed by atoms with Gasteiger partial charge in [-0.1, -0.05) is 54.6 Å². The van der Waals surface area contributed by atoms with Crippen LogP contribution in [0.1, 0.15) is 16.7 Å². The van der Waals surface area contributed by atoms with Crippen LogP contribution in [0.3, 0.4) is 0 Å². The second-order valence-electron chi connectivity index (χ2n) is 6.33. The summed E-state index contributed by atoms with van der Waals surface area (Å²) in [5, 5.41) is 12.0. The monoisotopic (exact) mass is 386 g/mol. The molecule has 0 saturated heterocycles. The van der Waals surface area contributed by atoms with E-state index in [0.29, 0.717) is 17.9 Å². The maximum absolute atomic E-state index is 13.2. The quantitative estimate of drug-likeness (QED) is 0.476. The lowest BCUT2D eigenvalue weighted by molar-refractivity contribution is -0.117. The largest absolute Gasteiger partial charge is 0.489 e. The first-order chi connectivity index (χ1) is 14.1. The van der Waals surface area contributed by atoms with Crippen LogP contribution in [0.15, 0.2) is 84.4 Å². The zero-order valence-electron chi connectivity index (χ0n) is 15.6. The van der Waals surface area contributed by atoms with E-state index < -0.39 is 5.91 Å². The van der Waals surface area contributed by atoms with Gasteiger partial charge in [0.15, 0.2) is 0 Å². The summed E-state index contributed by atoms with van der Waals surface area (Å²) in [5.74, 6) is -0.123. The van der Waals surface area contributed by atoms with Crippen molar-refractivity contribution in [3.8, 4) is 11.8 Å². The summed E-state index contributed by atoms with van der Waals surface area (Å²) in [6.07, 6.45) is 1.52. The number of nitrogens with one attached hydrogen (secondary N) is 1. The number of nitriles is 1. The Labute approximate surface area is 168 Å². The van der Waals surface area contributed by atoms with E-state index in [-0.39, 0.29) is 18.0 Å². The Morgan fingerprint density at radius 3 is 2.41 bits per heavy atom. The number of nitrogens with zero attached hydrogens (tertiary/aromatic N) is 1. The fourth-order valence-corrected chi connectivity index (χ4v) is 2.64. The van der Waals surface area contributed by atoms with Crippen LogP contribution in [0.2, 0.25) is 0 Å². The van der Waals surface area contributed by atoms with Gasteiger partial charge in [0.1, 0.15) is 29.8 Å². The third kappa shape index (κ3) is 6.05. The van der Waals surface area contributed by atoms with E-state index in [1.165, 1.54) is 18.2 Å².